The zero-order valence-corrected chi connectivity index (χ0v) is 19.5. The number of rotatable bonds is 7. The average molecular weight is 469 g/mol. The van der Waals surface area contributed by atoms with Crippen LogP contribution in [0, 0.1) is 6.92 Å². The zero-order chi connectivity index (χ0) is 23.4. The van der Waals surface area contributed by atoms with Crippen LogP contribution in [0.5, 0.6) is 0 Å². The molecule has 9 nitrogen and oxygen atoms in total. The van der Waals surface area contributed by atoms with Crippen LogP contribution in [0.25, 0.3) is 0 Å². The molecule has 4 rings (SSSR count). The van der Waals surface area contributed by atoms with Crippen molar-refractivity contribution in [2.75, 3.05) is 48.0 Å². The molecule has 2 aromatic carbocycles. The smallest absolute Gasteiger partial charge is 0.229 e. The number of aliphatic hydroxyl groups is 1. The first-order valence-electron chi connectivity index (χ1n) is 10.7. The number of aliphatic hydroxyl groups excluding tert-OH is 1. The lowest BCUT2D eigenvalue weighted by Gasteiger charge is -2.30. The Kier molecular flexibility index (Phi) is 6.77. The van der Waals surface area contributed by atoms with Crippen molar-refractivity contribution in [2.45, 2.75) is 18.4 Å². The minimum Gasteiger partial charge on any atom is -0.392 e. The van der Waals surface area contributed by atoms with Crippen LogP contribution in [0.3, 0.4) is 0 Å². The van der Waals surface area contributed by atoms with Gasteiger partial charge in [0.2, 0.25) is 5.95 Å². The van der Waals surface area contributed by atoms with E-state index in [-0.39, 0.29) is 11.5 Å². The van der Waals surface area contributed by atoms with Crippen LogP contribution < -0.4 is 20.9 Å². The Labute approximate surface area is 193 Å². The summed E-state index contributed by atoms with van der Waals surface area (Å²) in [5.74, 6) is 0.961. The van der Waals surface area contributed by atoms with Gasteiger partial charge in [0.1, 0.15) is 5.82 Å². The predicted molar refractivity (Wildman–Crippen MR) is 130 cm³/mol. The molecule has 0 amide bonds. The summed E-state index contributed by atoms with van der Waals surface area (Å²) < 4.78 is 24.6. The van der Waals surface area contributed by atoms with Crippen molar-refractivity contribution in [3.05, 3.63) is 59.8 Å². The first kappa shape index (κ1) is 23.0. The highest BCUT2D eigenvalue weighted by molar-refractivity contribution is 7.90. The van der Waals surface area contributed by atoms with Gasteiger partial charge in [-0.2, -0.15) is 4.98 Å². The lowest BCUT2D eigenvalue weighted by molar-refractivity contribution is 0.282. The first-order valence-corrected chi connectivity index (χ1v) is 12.6. The Balaban J connectivity index is 1.63. The molecule has 1 saturated heterocycles. The molecule has 0 aliphatic carbocycles. The van der Waals surface area contributed by atoms with Crippen molar-refractivity contribution in [1.82, 2.24) is 15.3 Å². The van der Waals surface area contributed by atoms with Crippen LogP contribution in [-0.2, 0) is 16.4 Å². The van der Waals surface area contributed by atoms with Crippen LogP contribution in [0.2, 0.25) is 0 Å². The van der Waals surface area contributed by atoms with Gasteiger partial charge in [0.25, 0.3) is 0 Å². The number of piperazine rings is 1. The molecule has 3 aromatic rings. The number of hydrogen-bond donors (Lipinski definition) is 4. The van der Waals surface area contributed by atoms with Gasteiger partial charge in [0.05, 0.1) is 11.5 Å². The van der Waals surface area contributed by atoms with Crippen LogP contribution in [0.15, 0.2) is 53.6 Å². The Morgan fingerprint density at radius 3 is 2.61 bits per heavy atom. The standard InChI is InChI=1S/C23H28N6O3S/c1-16-14-25-23(28-22(16)26-18-5-3-4-17(10-18)15-30)27-19-11-20(29-8-6-24-7-9-29)13-21(12-19)33(2,31)32/h3-5,10-14,24,30H,6-9,15H2,1-2H3,(H2,25,26,27,28). The van der Waals surface area contributed by atoms with Crippen molar-refractivity contribution in [1.29, 1.82) is 0 Å². The molecule has 2 heterocycles. The van der Waals surface area contributed by atoms with E-state index in [0.29, 0.717) is 17.5 Å². The number of hydrogen-bond acceptors (Lipinski definition) is 9. The van der Waals surface area contributed by atoms with E-state index in [0.717, 1.165) is 48.7 Å². The van der Waals surface area contributed by atoms with Crippen LogP contribution >= 0.6 is 0 Å². The molecule has 1 fully saturated rings. The minimum absolute atomic E-state index is 0.0445. The summed E-state index contributed by atoms with van der Waals surface area (Å²) in [6, 6.07) is 12.7. The number of aromatic nitrogens is 2. The quantitative estimate of drug-likeness (QED) is 0.415. The van der Waals surface area contributed by atoms with Gasteiger partial charge in [-0.25, -0.2) is 13.4 Å². The second-order valence-corrected chi connectivity index (χ2v) is 10.1. The van der Waals surface area contributed by atoms with Gasteiger partial charge in [-0.05, 0) is 42.8 Å². The summed E-state index contributed by atoms with van der Waals surface area (Å²) in [4.78, 5) is 11.4. The van der Waals surface area contributed by atoms with E-state index in [9.17, 15) is 13.5 Å². The summed E-state index contributed by atoms with van der Waals surface area (Å²) in [6.45, 7) is 5.15. The molecule has 0 radical (unpaired) electrons. The van der Waals surface area contributed by atoms with Crippen LogP contribution in [0.1, 0.15) is 11.1 Å². The molecule has 10 heteroatoms. The summed E-state index contributed by atoms with van der Waals surface area (Å²) in [5, 5.41) is 19.1. The fourth-order valence-electron chi connectivity index (χ4n) is 3.62. The fourth-order valence-corrected chi connectivity index (χ4v) is 4.29. The molecule has 174 valence electrons. The second kappa shape index (κ2) is 9.74. The van der Waals surface area contributed by atoms with Crippen molar-refractivity contribution in [3.8, 4) is 0 Å². The lowest BCUT2D eigenvalue weighted by Crippen LogP contribution is -2.43. The van der Waals surface area contributed by atoms with Gasteiger partial charge in [-0.3, -0.25) is 0 Å². The Morgan fingerprint density at radius 1 is 1.09 bits per heavy atom. The molecular formula is C23H28N6O3S. The van der Waals surface area contributed by atoms with E-state index >= 15 is 0 Å². The molecule has 4 N–H and O–H groups in total. The van der Waals surface area contributed by atoms with Crippen LogP contribution in [0.4, 0.5) is 28.8 Å². The topological polar surface area (TPSA) is 119 Å². The van der Waals surface area contributed by atoms with Crippen molar-refractivity contribution in [3.63, 3.8) is 0 Å². The maximum absolute atomic E-state index is 12.3. The van der Waals surface area contributed by atoms with Crippen molar-refractivity contribution < 1.29 is 13.5 Å². The zero-order valence-electron chi connectivity index (χ0n) is 18.7. The van der Waals surface area contributed by atoms with Gasteiger partial charge in [-0.1, -0.05) is 12.1 Å². The molecule has 1 aromatic heterocycles. The highest BCUT2D eigenvalue weighted by Gasteiger charge is 2.17. The van der Waals surface area contributed by atoms with Gasteiger partial charge in [0, 0.05) is 61.3 Å². The highest BCUT2D eigenvalue weighted by Crippen LogP contribution is 2.28. The molecule has 1 aliphatic rings. The van der Waals surface area contributed by atoms with E-state index in [4.69, 9.17) is 0 Å². The van der Waals surface area contributed by atoms with Crippen molar-refractivity contribution >= 4 is 38.7 Å². The van der Waals surface area contributed by atoms with E-state index in [1.54, 1.807) is 18.3 Å². The molecular weight excluding hydrogens is 440 g/mol. The summed E-state index contributed by atoms with van der Waals surface area (Å²) in [7, 11) is -3.40. The molecule has 0 unspecified atom stereocenters. The third-order valence-corrected chi connectivity index (χ3v) is 6.49. The molecule has 0 bridgehead atoms. The molecule has 0 spiro atoms. The Hall–Kier alpha value is -3.21. The van der Waals surface area contributed by atoms with Gasteiger partial charge >= 0.3 is 0 Å². The van der Waals surface area contributed by atoms with E-state index in [2.05, 4.69) is 30.8 Å². The third kappa shape index (κ3) is 5.78. The molecule has 0 atom stereocenters. The maximum Gasteiger partial charge on any atom is 0.229 e. The minimum atomic E-state index is -3.40. The second-order valence-electron chi connectivity index (χ2n) is 8.06. The number of sulfone groups is 1. The molecule has 33 heavy (non-hydrogen) atoms. The SMILES string of the molecule is Cc1cnc(Nc2cc(N3CCNCC3)cc(S(C)(=O)=O)c2)nc1Nc1cccc(CO)c1. The Morgan fingerprint density at radius 2 is 1.88 bits per heavy atom. The molecule has 1 aliphatic heterocycles. The van der Waals surface area contributed by atoms with Gasteiger partial charge in [-0.15, -0.1) is 0 Å². The lowest BCUT2D eigenvalue weighted by atomic mass is 10.2. The van der Waals surface area contributed by atoms with E-state index < -0.39 is 9.84 Å². The largest absolute Gasteiger partial charge is 0.392 e. The highest BCUT2D eigenvalue weighted by atomic mass is 32.2. The summed E-state index contributed by atoms with van der Waals surface area (Å²) >= 11 is 0. The monoisotopic (exact) mass is 468 g/mol. The number of nitrogens with zero attached hydrogens (tertiary/aromatic N) is 3. The summed E-state index contributed by atoms with van der Waals surface area (Å²) in [5.41, 5.74) is 3.88. The Bertz CT molecular complexity index is 1240. The normalized spacial score (nSPS) is 14.2. The van der Waals surface area contributed by atoms with Gasteiger partial charge < -0.3 is 26.0 Å². The summed E-state index contributed by atoms with van der Waals surface area (Å²) in [6.07, 6.45) is 2.91. The van der Waals surface area contributed by atoms with E-state index in [1.807, 2.05) is 37.3 Å². The van der Waals surface area contributed by atoms with Gasteiger partial charge in [0.15, 0.2) is 9.84 Å². The molecule has 0 saturated carbocycles. The number of anilines is 5. The number of benzene rings is 2. The predicted octanol–water partition coefficient (Wildman–Crippen LogP) is 2.58. The van der Waals surface area contributed by atoms with Crippen LogP contribution in [-0.4, -0.2) is 55.9 Å². The first-order chi connectivity index (χ1) is 15.8. The maximum atomic E-state index is 12.3. The van der Waals surface area contributed by atoms with E-state index in [1.165, 1.54) is 6.26 Å². The average Bonchev–Trinajstić information content (AvgIpc) is 2.81. The third-order valence-electron chi connectivity index (χ3n) is 5.40. The number of nitrogens with one attached hydrogen (secondary N) is 3. The number of aryl methyl sites for hydroxylation is 1. The van der Waals surface area contributed by atoms with Crippen molar-refractivity contribution in [2.24, 2.45) is 0 Å². The fraction of sp³-hybridized carbons (Fsp3) is 0.304.